The summed E-state index contributed by atoms with van der Waals surface area (Å²) >= 11 is 0.880. The van der Waals surface area contributed by atoms with Gasteiger partial charge in [-0.2, -0.15) is 0 Å². The molecular weight excluding hydrogens is 366 g/mol. The van der Waals surface area contributed by atoms with E-state index in [-0.39, 0.29) is 30.2 Å². The Kier molecular flexibility index (Phi) is 3.86. The molecule has 0 atom stereocenters. The van der Waals surface area contributed by atoms with E-state index in [1.807, 2.05) is 13.8 Å². The number of hydrogen-bond acceptors (Lipinski definition) is 5. The zero-order valence-corrected chi connectivity index (χ0v) is 15.6. The lowest BCUT2D eigenvalue weighted by Gasteiger charge is -2.32. The first-order chi connectivity index (χ1) is 11.1. The van der Waals surface area contributed by atoms with E-state index >= 15 is 0 Å². The highest BCUT2D eigenvalue weighted by molar-refractivity contribution is 7.94. The van der Waals surface area contributed by atoms with E-state index in [9.17, 15) is 16.8 Å². The first kappa shape index (κ1) is 17.1. The number of thiophene rings is 1. The number of sulfone groups is 2. The molecule has 126 valence electrons. The summed E-state index contributed by atoms with van der Waals surface area (Å²) in [6, 6.07) is 7.14. The molecule has 8 heteroatoms. The van der Waals surface area contributed by atoms with Crippen LogP contribution in [0.1, 0.15) is 25.8 Å². The van der Waals surface area contributed by atoms with Crippen LogP contribution in [0.2, 0.25) is 0 Å². The fraction of sp³-hybridized carbons (Fsp3) is 0.312. The van der Waals surface area contributed by atoms with Crippen molar-refractivity contribution in [2.45, 2.75) is 39.7 Å². The summed E-state index contributed by atoms with van der Waals surface area (Å²) in [4.78, 5) is 3.26. The Hall–Kier alpha value is -1.69. The molecule has 0 amide bonds. The zero-order chi connectivity index (χ0) is 17.8. The van der Waals surface area contributed by atoms with Crippen LogP contribution >= 0.6 is 11.3 Å². The smallest absolute Gasteiger partial charge is 0.227 e. The second kappa shape index (κ2) is 5.41. The maximum atomic E-state index is 12.7. The summed E-state index contributed by atoms with van der Waals surface area (Å²) < 4.78 is 50.3. The van der Waals surface area contributed by atoms with Crippen molar-refractivity contribution in [3.8, 4) is 0 Å². The van der Waals surface area contributed by atoms with Gasteiger partial charge >= 0.3 is 0 Å². The molecule has 1 aliphatic heterocycles. The van der Waals surface area contributed by atoms with Gasteiger partial charge in [-0.25, -0.2) is 21.7 Å². The number of nitrogens with zero attached hydrogens (tertiary/aromatic N) is 1. The van der Waals surface area contributed by atoms with Crippen LogP contribution in [-0.4, -0.2) is 22.6 Å². The number of hydrogen-bond donors (Lipinski definition) is 0. The SMILES string of the molecule is [C-]#[N+]c1ccc(S(=O)(=O)c2ccc3c(c2)S(=O)(=O)CCC3(C)C)s1. The third-order valence-corrected chi connectivity index (χ3v) is 9.24. The molecule has 24 heavy (non-hydrogen) atoms. The number of fused-ring (bicyclic) bond motifs is 1. The van der Waals surface area contributed by atoms with E-state index in [4.69, 9.17) is 6.57 Å². The largest absolute Gasteiger partial charge is 0.242 e. The highest BCUT2D eigenvalue weighted by atomic mass is 32.2. The van der Waals surface area contributed by atoms with E-state index in [0.717, 1.165) is 11.3 Å². The van der Waals surface area contributed by atoms with Gasteiger partial charge in [0.2, 0.25) is 14.8 Å². The lowest BCUT2D eigenvalue weighted by Crippen LogP contribution is -2.30. The van der Waals surface area contributed by atoms with Gasteiger partial charge in [-0.05, 0) is 41.7 Å². The summed E-state index contributed by atoms with van der Waals surface area (Å²) in [5.41, 5.74) is 0.337. The van der Waals surface area contributed by atoms with Crippen LogP contribution in [0, 0.1) is 6.57 Å². The first-order valence-corrected chi connectivity index (χ1v) is 11.1. The molecule has 0 unspecified atom stereocenters. The van der Waals surface area contributed by atoms with Gasteiger partial charge in [0.05, 0.1) is 22.1 Å². The van der Waals surface area contributed by atoms with E-state index in [0.29, 0.717) is 12.0 Å². The van der Waals surface area contributed by atoms with Crippen LogP contribution in [0.3, 0.4) is 0 Å². The summed E-state index contributed by atoms with van der Waals surface area (Å²) in [6.07, 6.45) is 0.508. The zero-order valence-electron chi connectivity index (χ0n) is 13.1. The van der Waals surface area contributed by atoms with Crippen LogP contribution < -0.4 is 0 Å². The van der Waals surface area contributed by atoms with Gasteiger partial charge in [0.25, 0.3) is 0 Å². The van der Waals surface area contributed by atoms with E-state index < -0.39 is 19.7 Å². The van der Waals surface area contributed by atoms with Crippen molar-refractivity contribution in [1.82, 2.24) is 0 Å². The van der Waals surface area contributed by atoms with Crippen molar-refractivity contribution in [2.24, 2.45) is 0 Å². The van der Waals surface area contributed by atoms with E-state index in [2.05, 4.69) is 4.85 Å². The van der Waals surface area contributed by atoms with E-state index in [1.54, 1.807) is 6.07 Å². The summed E-state index contributed by atoms with van der Waals surface area (Å²) in [6.45, 7) is 10.9. The predicted molar refractivity (Wildman–Crippen MR) is 92.2 cm³/mol. The molecule has 0 aliphatic carbocycles. The maximum absolute atomic E-state index is 12.7. The maximum Gasteiger partial charge on any atom is 0.242 e. The molecule has 5 nitrogen and oxygen atoms in total. The molecule has 0 saturated heterocycles. The fourth-order valence-electron chi connectivity index (χ4n) is 2.75. The highest BCUT2D eigenvalue weighted by Crippen LogP contribution is 2.40. The summed E-state index contributed by atoms with van der Waals surface area (Å²) in [7, 11) is -7.33. The van der Waals surface area contributed by atoms with Crippen LogP contribution in [0.4, 0.5) is 5.00 Å². The third-order valence-electron chi connectivity index (χ3n) is 4.27. The van der Waals surface area contributed by atoms with Crippen molar-refractivity contribution < 1.29 is 16.8 Å². The molecule has 3 rings (SSSR count). The lowest BCUT2D eigenvalue weighted by molar-refractivity contribution is 0.472. The Morgan fingerprint density at radius 3 is 2.54 bits per heavy atom. The fourth-order valence-corrected chi connectivity index (χ4v) is 7.32. The Morgan fingerprint density at radius 1 is 1.21 bits per heavy atom. The van der Waals surface area contributed by atoms with Crippen molar-refractivity contribution in [1.29, 1.82) is 0 Å². The van der Waals surface area contributed by atoms with Gasteiger partial charge in [-0.3, -0.25) is 0 Å². The molecule has 0 radical (unpaired) electrons. The van der Waals surface area contributed by atoms with Gasteiger partial charge in [-0.1, -0.05) is 19.9 Å². The van der Waals surface area contributed by atoms with Gasteiger partial charge in [0.1, 0.15) is 4.21 Å². The number of rotatable bonds is 2. The normalized spacial score (nSPS) is 18.5. The second-order valence-corrected chi connectivity index (χ2v) is 11.6. The minimum Gasteiger partial charge on any atom is -0.227 e. The Morgan fingerprint density at radius 2 is 1.92 bits per heavy atom. The molecule has 1 aromatic carbocycles. The van der Waals surface area contributed by atoms with Gasteiger partial charge in [0.15, 0.2) is 9.84 Å². The monoisotopic (exact) mass is 381 g/mol. The highest BCUT2D eigenvalue weighted by Gasteiger charge is 2.36. The van der Waals surface area contributed by atoms with Gasteiger partial charge < -0.3 is 0 Å². The van der Waals surface area contributed by atoms with Crippen LogP contribution in [0.25, 0.3) is 4.85 Å². The Bertz CT molecular complexity index is 1070. The lowest BCUT2D eigenvalue weighted by atomic mass is 9.82. The quantitative estimate of drug-likeness (QED) is 0.745. The van der Waals surface area contributed by atoms with Crippen LogP contribution in [-0.2, 0) is 25.1 Å². The van der Waals surface area contributed by atoms with Crippen molar-refractivity contribution in [2.75, 3.05) is 5.75 Å². The van der Waals surface area contributed by atoms with Crippen molar-refractivity contribution in [3.05, 3.63) is 47.3 Å². The topological polar surface area (TPSA) is 72.6 Å². The van der Waals surface area contributed by atoms with E-state index in [1.165, 1.54) is 24.3 Å². The predicted octanol–water partition coefficient (Wildman–Crippen LogP) is 3.59. The van der Waals surface area contributed by atoms with Gasteiger partial charge in [-0.15, -0.1) is 11.3 Å². The first-order valence-electron chi connectivity index (χ1n) is 7.18. The minimum atomic E-state index is -3.84. The molecule has 2 aromatic rings. The Balaban J connectivity index is 2.20. The van der Waals surface area contributed by atoms with Crippen molar-refractivity contribution >= 4 is 36.0 Å². The minimum absolute atomic E-state index is 0.0113. The average molecular weight is 382 g/mol. The molecule has 1 aromatic heterocycles. The van der Waals surface area contributed by atoms with Crippen LogP contribution in [0.15, 0.2) is 44.3 Å². The standard InChI is InChI=1S/C16H15NO4S3/c1-16(2)8-9-23(18,19)13-10-11(4-5-12(13)16)24(20,21)15-7-6-14(17-3)22-15/h4-7,10H,8-9H2,1-2H3. The molecule has 0 spiro atoms. The van der Waals surface area contributed by atoms with Crippen LogP contribution in [0.5, 0.6) is 0 Å². The third kappa shape index (κ3) is 2.66. The second-order valence-electron chi connectivity index (χ2n) is 6.32. The summed E-state index contributed by atoms with van der Waals surface area (Å²) in [5.74, 6) is 0.0113. The molecular formula is C16H15NO4S3. The van der Waals surface area contributed by atoms with Crippen molar-refractivity contribution in [3.63, 3.8) is 0 Å². The molecule has 0 saturated carbocycles. The molecule has 2 heterocycles. The molecule has 0 fully saturated rings. The summed E-state index contributed by atoms with van der Waals surface area (Å²) in [5, 5.41) is 0.278. The Labute approximate surface area is 145 Å². The molecule has 0 bridgehead atoms. The molecule has 1 aliphatic rings. The number of benzene rings is 1. The van der Waals surface area contributed by atoms with Gasteiger partial charge in [0, 0.05) is 0 Å². The average Bonchev–Trinajstić information content (AvgIpc) is 3.01. The molecule has 0 N–H and O–H groups in total.